The van der Waals surface area contributed by atoms with E-state index in [2.05, 4.69) is 9.73 Å². The molecule has 0 bridgehead atoms. The Morgan fingerprint density at radius 1 is 1.35 bits per heavy atom. The fourth-order valence-corrected chi connectivity index (χ4v) is 1.19. The van der Waals surface area contributed by atoms with Crippen molar-refractivity contribution in [2.24, 2.45) is 16.5 Å². The predicted molar refractivity (Wildman–Crippen MR) is 59.1 cm³/mol. The largest absolute Gasteiger partial charge is 0.493 e. The number of hydrogen-bond donors (Lipinski definition) is 2. The number of methoxy groups -OCH3 is 1. The van der Waals surface area contributed by atoms with E-state index in [1.807, 2.05) is 0 Å². The molecule has 94 valence electrons. The van der Waals surface area contributed by atoms with Crippen LogP contribution in [0.1, 0.15) is 5.56 Å². The number of nitrogens with two attached hydrogens (primary N) is 2. The van der Waals surface area contributed by atoms with Gasteiger partial charge >= 0.3 is 6.61 Å². The molecule has 0 spiro atoms. The Kier molecular flexibility index (Phi) is 4.50. The number of halogens is 2. The lowest BCUT2D eigenvalue weighted by atomic mass is 10.2. The third-order valence-corrected chi connectivity index (χ3v) is 1.89. The number of guanidine groups is 1. The summed E-state index contributed by atoms with van der Waals surface area (Å²) in [5, 5.41) is 0. The van der Waals surface area contributed by atoms with Crippen molar-refractivity contribution in [2.75, 3.05) is 7.11 Å². The zero-order valence-corrected chi connectivity index (χ0v) is 9.19. The molecule has 5 nitrogen and oxygen atoms in total. The highest BCUT2D eigenvalue weighted by atomic mass is 19.3. The number of rotatable bonds is 5. The molecule has 0 aliphatic carbocycles. The van der Waals surface area contributed by atoms with E-state index in [-0.39, 0.29) is 24.0 Å². The van der Waals surface area contributed by atoms with Crippen LogP contribution >= 0.6 is 0 Å². The van der Waals surface area contributed by atoms with Crippen LogP contribution in [0.5, 0.6) is 11.5 Å². The first-order valence-corrected chi connectivity index (χ1v) is 4.70. The number of ether oxygens (including phenoxy) is 2. The Bertz CT molecular complexity index is 407. The van der Waals surface area contributed by atoms with Crippen molar-refractivity contribution < 1.29 is 18.3 Å². The van der Waals surface area contributed by atoms with Crippen LogP contribution in [0.2, 0.25) is 0 Å². The van der Waals surface area contributed by atoms with Gasteiger partial charge in [-0.2, -0.15) is 8.78 Å². The van der Waals surface area contributed by atoms with Gasteiger partial charge in [0.25, 0.3) is 0 Å². The molecule has 0 radical (unpaired) electrons. The van der Waals surface area contributed by atoms with Crippen molar-refractivity contribution in [2.45, 2.75) is 13.2 Å². The van der Waals surface area contributed by atoms with E-state index in [9.17, 15) is 8.78 Å². The molecule has 0 atom stereocenters. The Labute approximate surface area is 97.0 Å². The lowest BCUT2D eigenvalue weighted by molar-refractivity contribution is -0.0512. The first-order valence-electron chi connectivity index (χ1n) is 4.70. The molecule has 0 amide bonds. The summed E-state index contributed by atoms with van der Waals surface area (Å²) in [5.41, 5.74) is 11.0. The molecule has 1 aromatic carbocycles. The van der Waals surface area contributed by atoms with Crippen molar-refractivity contribution in [1.82, 2.24) is 0 Å². The third-order valence-electron chi connectivity index (χ3n) is 1.89. The van der Waals surface area contributed by atoms with Gasteiger partial charge in [0.05, 0.1) is 13.7 Å². The van der Waals surface area contributed by atoms with Gasteiger partial charge in [-0.1, -0.05) is 6.07 Å². The third kappa shape index (κ3) is 4.13. The van der Waals surface area contributed by atoms with Crippen molar-refractivity contribution in [3.05, 3.63) is 23.8 Å². The fourth-order valence-electron chi connectivity index (χ4n) is 1.19. The molecule has 0 fully saturated rings. The van der Waals surface area contributed by atoms with Gasteiger partial charge in [0.15, 0.2) is 17.5 Å². The van der Waals surface area contributed by atoms with Crippen molar-refractivity contribution in [3.8, 4) is 11.5 Å². The minimum atomic E-state index is -2.91. The Morgan fingerprint density at radius 3 is 2.59 bits per heavy atom. The summed E-state index contributed by atoms with van der Waals surface area (Å²) >= 11 is 0. The molecular weight excluding hydrogens is 232 g/mol. The second kappa shape index (κ2) is 5.88. The van der Waals surface area contributed by atoms with Gasteiger partial charge < -0.3 is 20.9 Å². The molecule has 0 saturated heterocycles. The molecule has 0 aromatic heterocycles. The molecule has 0 unspecified atom stereocenters. The van der Waals surface area contributed by atoms with Gasteiger partial charge in [-0.15, -0.1) is 0 Å². The number of benzene rings is 1. The summed E-state index contributed by atoms with van der Waals surface area (Å²) in [5.74, 6) is 0.0988. The van der Waals surface area contributed by atoms with Crippen LogP contribution in [0.25, 0.3) is 0 Å². The second-order valence-corrected chi connectivity index (χ2v) is 3.10. The van der Waals surface area contributed by atoms with Crippen molar-refractivity contribution in [3.63, 3.8) is 0 Å². The summed E-state index contributed by atoms with van der Waals surface area (Å²) in [6, 6.07) is 4.57. The van der Waals surface area contributed by atoms with E-state index in [1.54, 1.807) is 6.07 Å². The van der Waals surface area contributed by atoms with E-state index < -0.39 is 6.61 Å². The average Bonchev–Trinajstić information content (AvgIpc) is 2.25. The van der Waals surface area contributed by atoms with Crippen molar-refractivity contribution >= 4 is 5.96 Å². The normalized spacial score (nSPS) is 10.1. The number of hydrogen-bond acceptors (Lipinski definition) is 3. The molecule has 4 N–H and O–H groups in total. The Balaban J connectivity index is 2.92. The number of nitrogens with zero attached hydrogens (tertiary/aromatic N) is 1. The first kappa shape index (κ1) is 13.0. The van der Waals surface area contributed by atoms with Gasteiger partial charge in [0.1, 0.15) is 0 Å². The maximum absolute atomic E-state index is 12.1. The lowest BCUT2D eigenvalue weighted by Crippen LogP contribution is -2.22. The van der Waals surface area contributed by atoms with Crippen LogP contribution in [-0.2, 0) is 6.54 Å². The van der Waals surface area contributed by atoms with E-state index in [1.165, 1.54) is 19.2 Å². The van der Waals surface area contributed by atoms with Crippen LogP contribution in [-0.4, -0.2) is 19.7 Å². The Hall–Kier alpha value is -2.05. The summed E-state index contributed by atoms with van der Waals surface area (Å²) in [7, 11) is 1.36. The summed E-state index contributed by atoms with van der Waals surface area (Å²) in [6.07, 6.45) is 0. The van der Waals surface area contributed by atoms with E-state index in [0.717, 1.165) is 0 Å². The Morgan fingerprint density at radius 2 is 2.06 bits per heavy atom. The molecule has 1 aromatic rings. The van der Waals surface area contributed by atoms with E-state index in [4.69, 9.17) is 16.2 Å². The molecule has 0 heterocycles. The molecular formula is C10H13F2N3O2. The minimum absolute atomic E-state index is 0.0502. The average molecular weight is 245 g/mol. The SMILES string of the molecule is COc1ccc(CN=C(N)N)cc1OC(F)F. The monoisotopic (exact) mass is 245 g/mol. The van der Waals surface area contributed by atoms with Crippen LogP contribution in [0, 0.1) is 0 Å². The van der Waals surface area contributed by atoms with Crippen LogP contribution < -0.4 is 20.9 Å². The molecule has 0 aliphatic heterocycles. The molecule has 7 heteroatoms. The summed E-state index contributed by atoms with van der Waals surface area (Å²) in [4.78, 5) is 3.76. The summed E-state index contributed by atoms with van der Waals surface area (Å²) < 4.78 is 33.5. The summed E-state index contributed by atoms with van der Waals surface area (Å²) in [6.45, 7) is -2.73. The topological polar surface area (TPSA) is 82.9 Å². The highest BCUT2D eigenvalue weighted by Gasteiger charge is 2.10. The van der Waals surface area contributed by atoms with Gasteiger partial charge in [-0.05, 0) is 17.7 Å². The zero-order valence-electron chi connectivity index (χ0n) is 9.19. The molecule has 0 aliphatic rings. The van der Waals surface area contributed by atoms with Gasteiger partial charge in [0.2, 0.25) is 0 Å². The van der Waals surface area contributed by atoms with Gasteiger partial charge in [-0.25, -0.2) is 4.99 Å². The highest BCUT2D eigenvalue weighted by molar-refractivity contribution is 5.75. The molecule has 17 heavy (non-hydrogen) atoms. The van der Waals surface area contributed by atoms with Crippen LogP contribution in [0.15, 0.2) is 23.2 Å². The molecule has 0 saturated carbocycles. The minimum Gasteiger partial charge on any atom is -0.493 e. The van der Waals surface area contributed by atoms with E-state index >= 15 is 0 Å². The quantitative estimate of drug-likeness (QED) is 0.600. The fraction of sp³-hybridized carbons (Fsp3) is 0.300. The first-order chi connectivity index (χ1) is 8.02. The highest BCUT2D eigenvalue weighted by Crippen LogP contribution is 2.29. The maximum Gasteiger partial charge on any atom is 0.387 e. The maximum atomic E-state index is 12.1. The lowest BCUT2D eigenvalue weighted by Gasteiger charge is -2.10. The smallest absolute Gasteiger partial charge is 0.387 e. The van der Waals surface area contributed by atoms with Gasteiger partial charge in [0, 0.05) is 0 Å². The number of alkyl halides is 2. The zero-order chi connectivity index (χ0) is 12.8. The van der Waals surface area contributed by atoms with Crippen molar-refractivity contribution in [1.29, 1.82) is 0 Å². The predicted octanol–water partition coefficient (Wildman–Crippen LogP) is 1.07. The standard InChI is InChI=1S/C10H13F2N3O2/c1-16-7-3-2-6(5-15-10(13)14)4-8(7)17-9(11)12/h2-4,9H,5H2,1H3,(H4,13,14,15). The second-order valence-electron chi connectivity index (χ2n) is 3.10. The molecule has 1 rings (SSSR count). The van der Waals surface area contributed by atoms with Crippen LogP contribution in [0.4, 0.5) is 8.78 Å². The number of aliphatic imine (C=N–C) groups is 1. The van der Waals surface area contributed by atoms with Gasteiger partial charge in [-0.3, -0.25) is 0 Å². The van der Waals surface area contributed by atoms with Crippen LogP contribution in [0.3, 0.4) is 0 Å². The van der Waals surface area contributed by atoms with E-state index in [0.29, 0.717) is 5.56 Å².